The molecule has 0 spiro atoms. The van der Waals surface area contributed by atoms with Crippen LogP contribution in [0.15, 0.2) is 0 Å². The summed E-state index contributed by atoms with van der Waals surface area (Å²) in [5, 5.41) is 0. The van der Waals surface area contributed by atoms with E-state index in [0.29, 0.717) is 13.0 Å². The molecule has 0 aromatic rings. The second-order valence-corrected chi connectivity index (χ2v) is 4.97. The van der Waals surface area contributed by atoms with Gasteiger partial charge in [0, 0.05) is 6.04 Å². The molecule has 94 valence electrons. The van der Waals surface area contributed by atoms with Crippen LogP contribution in [0.3, 0.4) is 0 Å². The van der Waals surface area contributed by atoms with Gasteiger partial charge in [-0.25, -0.2) is 0 Å². The van der Waals surface area contributed by atoms with Gasteiger partial charge in [-0.05, 0) is 52.4 Å². The summed E-state index contributed by atoms with van der Waals surface area (Å²) in [6.07, 6.45) is -1.31. The molecular weight excluding hydrogens is 217 g/mol. The Balaban J connectivity index is 1.98. The maximum Gasteiger partial charge on any atom is 0.404 e. The molecule has 0 radical (unpaired) electrons. The molecule has 2 nitrogen and oxygen atoms in total. The van der Waals surface area contributed by atoms with Gasteiger partial charge in [0.05, 0.1) is 0 Å². The minimum absolute atomic E-state index is 0.144. The highest BCUT2D eigenvalue weighted by atomic mass is 19.4. The quantitative estimate of drug-likeness (QED) is 0.688. The van der Waals surface area contributed by atoms with Crippen molar-refractivity contribution in [1.29, 1.82) is 0 Å². The van der Waals surface area contributed by atoms with Crippen LogP contribution in [-0.2, 0) is 0 Å². The maximum atomic E-state index is 12.8. The molecule has 2 heterocycles. The van der Waals surface area contributed by atoms with Crippen molar-refractivity contribution in [2.24, 2.45) is 0 Å². The van der Waals surface area contributed by atoms with Crippen LogP contribution in [0.4, 0.5) is 13.2 Å². The maximum absolute atomic E-state index is 12.8. The van der Waals surface area contributed by atoms with Crippen molar-refractivity contribution in [1.82, 2.24) is 9.80 Å². The van der Waals surface area contributed by atoms with Gasteiger partial charge in [0.15, 0.2) is 0 Å². The molecule has 2 fully saturated rings. The van der Waals surface area contributed by atoms with Crippen molar-refractivity contribution < 1.29 is 13.2 Å². The molecule has 0 aromatic heterocycles. The molecule has 2 rings (SSSR count). The van der Waals surface area contributed by atoms with Gasteiger partial charge < -0.3 is 4.90 Å². The van der Waals surface area contributed by atoms with E-state index in [1.807, 2.05) is 7.05 Å². The van der Waals surface area contributed by atoms with Crippen LogP contribution in [0, 0.1) is 0 Å². The molecule has 0 saturated carbocycles. The van der Waals surface area contributed by atoms with Gasteiger partial charge >= 0.3 is 6.18 Å². The normalized spacial score (nSPS) is 31.1. The molecule has 0 amide bonds. The Kier molecular flexibility index (Phi) is 3.45. The van der Waals surface area contributed by atoms with Crippen LogP contribution < -0.4 is 0 Å². The Morgan fingerprint density at radius 2 is 1.62 bits per heavy atom. The van der Waals surface area contributed by atoms with Gasteiger partial charge in [0.1, 0.15) is 6.04 Å². The van der Waals surface area contributed by atoms with E-state index in [-0.39, 0.29) is 12.5 Å². The fraction of sp³-hybridized carbons (Fsp3) is 1.00. The van der Waals surface area contributed by atoms with Gasteiger partial charge in [-0.3, -0.25) is 4.90 Å². The molecule has 0 N–H and O–H groups in total. The predicted molar refractivity (Wildman–Crippen MR) is 56.3 cm³/mol. The lowest BCUT2D eigenvalue weighted by atomic mass is 10.0. The fourth-order valence-corrected chi connectivity index (χ4v) is 2.90. The Labute approximate surface area is 94.4 Å². The van der Waals surface area contributed by atoms with Gasteiger partial charge in [-0.1, -0.05) is 0 Å². The van der Waals surface area contributed by atoms with Crippen LogP contribution in [0.25, 0.3) is 0 Å². The lowest BCUT2D eigenvalue weighted by Gasteiger charge is -2.38. The molecule has 2 saturated heterocycles. The number of hydrogen-bond donors (Lipinski definition) is 0. The predicted octanol–water partition coefficient (Wildman–Crippen LogP) is 2.11. The molecule has 2 aliphatic heterocycles. The molecule has 16 heavy (non-hydrogen) atoms. The number of nitrogens with zero attached hydrogens (tertiary/aromatic N) is 2. The lowest BCUT2D eigenvalue weighted by Crippen LogP contribution is -2.50. The van der Waals surface area contributed by atoms with E-state index in [0.717, 1.165) is 25.9 Å². The van der Waals surface area contributed by atoms with Crippen LogP contribution in [0.5, 0.6) is 0 Å². The second-order valence-electron chi connectivity index (χ2n) is 4.97. The molecule has 1 atom stereocenters. The van der Waals surface area contributed by atoms with Crippen LogP contribution in [0.1, 0.15) is 25.7 Å². The lowest BCUT2D eigenvalue weighted by molar-refractivity contribution is -0.182. The highest BCUT2D eigenvalue weighted by Crippen LogP contribution is 2.35. The van der Waals surface area contributed by atoms with Gasteiger partial charge in [-0.15, -0.1) is 0 Å². The zero-order valence-electron chi connectivity index (χ0n) is 9.63. The third-order valence-electron chi connectivity index (χ3n) is 3.83. The average molecular weight is 236 g/mol. The van der Waals surface area contributed by atoms with E-state index in [1.165, 1.54) is 0 Å². The number of piperidine rings is 1. The molecule has 1 unspecified atom stereocenters. The van der Waals surface area contributed by atoms with Crippen molar-refractivity contribution in [3.8, 4) is 0 Å². The first-order chi connectivity index (χ1) is 7.48. The first-order valence-corrected chi connectivity index (χ1v) is 5.99. The van der Waals surface area contributed by atoms with Crippen molar-refractivity contribution in [3.05, 3.63) is 0 Å². The molecule has 5 heteroatoms. The number of alkyl halides is 3. The first kappa shape index (κ1) is 12.2. The van der Waals surface area contributed by atoms with Gasteiger partial charge in [0.25, 0.3) is 0 Å². The first-order valence-electron chi connectivity index (χ1n) is 5.99. The smallest absolute Gasteiger partial charge is 0.306 e. The van der Waals surface area contributed by atoms with E-state index in [1.54, 1.807) is 4.90 Å². The van der Waals surface area contributed by atoms with Gasteiger partial charge in [0.2, 0.25) is 0 Å². The Morgan fingerprint density at radius 1 is 1.00 bits per heavy atom. The van der Waals surface area contributed by atoms with E-state index < -0.39 is 12.2 Å². The third kappa shape index (κ3) is 2.51. The number of halogens is 3. The Morgan fingerprint density at radius 3 is 2.19 bits per heavy atom. The summed E-state index contributed by atoms with van der Waals surface area (Å²) in [7, 11) is 2.03. The standard InChI is InChI=1S/C11H19F3N2/c1-15-7-4-9(5-8-15)16-6-2-3-10(16)11(12,13)14/h9-10H,2-8H2,1H3. The third-order valence-corrected chi connectivity index (χ3v) is 3.83. The number of hydrogen-bond acceptors (Lipinski definition) is 2. The average Bonchev–Trinajstić information content (AvgIpc) is 2.66. The van der Waals surface area contributed by atoms with E-state index in [4.69, 9.17) is 0 Å². The molecular formula is C11H19F3N2. The van der Waals surface area contributed by atoms with E-state index >= 15 is 0 Å². The van der Waals surface area contributed by atoms with E-state index in [9.17, 15) is 13.2 Å². The van der Waals surface area contributed by atoms with Crippen LogP contribution >= 0.6 is 0 Å². The van der Waals surface area contributed by atoms with Crippen LogP contribution in [-0.4, -0.2) is 54.7 Å². The highest BCUT2D eigenvalue weighted by molar-refractivity contribution is 4.91. The minimum Gasteiger partial charge on any atom is -0.306 e. The largest absolute Gasteiger partial charge is 0.404 e. The topological polar surface area (TPSA) is 6.48 Å². The van der Waals surface area contributed by atoms with Gasteiger partial charge in [-0.2, -0.15) is 13.2 Å². The van der Waals surface area contributed by atoms with E-state index in [2.05, 4.69) is 4.90 Å². The zero-order chi connectivity index (χ0) is 11.8. The van der Waals surface area contributed by atoms with Crippen LogP contribution in [0.2, 0.25) is 0 Å². The molecule has 0 aliphatic carbocycles. The summed E-state index contributed by atoms with van der Waals surface area (Å²) in [5.41, 5.74) is 0. The zero-order valence-corrected chi connectivity index (χ0v) is 9.63. The molecule has 2 aliphatic rings. The van der Waals surface area contributed by atoms with Crippen molar-refractivity contribution in [2.45, 2.75) is 43.9 Å². The summed E-state index contributed by atoms with van der Waals surface area (Å²) >= 11 is 0. The summed E-state index contributed by atoms with van der Waals surface area (Å²) in [4.78, 5) is 3.89. The summed E-state index contributed by atoms with van der Waals surface area (Å²) in [5.74, 6) is 0. The monoisotopic (exact) mass is 236 g/mol. The SMILES string of the molecule is CN1CCC(N2CCCC2C(F)(F)F)CC1. The Hall–Kier alpha value is -0.290. The Bertz CT molecular complexity index is 234. The second kappa shape index (κ2) is 4.53. The minimum atomic E-state index is -4.04. The fourth-order valence-electron chi connectivity index (χ4n) is 2.90. The molecule has 0 aromatic carbocycles. The van der Waals surface area contributed by atoms with Crippen molar-refractivity contribution in [3.63, 3.8) is 0 Å². The van der Waals surface area contributed by atoms with Crippen molar-refractivity contribution in [2.75, 3.05) is 26.7 Å². The molecule has 0 bridgehead atoms. The summed E-state index contributed by atoms with van der Waals surface area (Å²) in [6.45, 7) is 2.47. The summed E-state index contributed by atoms with van der Waals surface area (Å²) < 4.78 is 38.4. The van der Waals surface area contributed by atoms with Crippen molar-refractivity contribution >= 4 is 0 Å². The summed E-state index contributed by atoms with van der Waals surface area (Å²) in [6, 6.07) is -1.04. The highest BCUT2D eigenvalue weighted by Gasteiger charge is 2.47. The number of rotatable bonds is 1. The number of likely N-dealkylation sites (tertiary alicyclic amines) is 2.